The van der Waals surface area contributed by atoms with Crippen molar-refractivity contribution in [3.8, 4) is 5.75 Å². The van der Waals surface area contributed by atoms with Gasteiger partial charge in [-0.05, 0) is 52.3 Å². The fourth-order valence-electron chi connectivity index (χ4n) is 2.56. The van der Waals surface area contributed by atoms with Gasteiger partial charge in [0.05, 0.1) is 6.21 Å². The topological polar surface area (TPSA) is 67.8 Å². The number of rotatable bonds is 5. The Morgan fingerprint density at radius 3 is 2.45 bits per heavy atom. The van der Waals surface area contributed by atoms with E-state index < -0.39 is 5.97 Å². The standard InChI is InChI=1S/C23H22N2O3S/c1-23(2,3)18-11-9-17(10-12-18)21(26)25-24-15-16-6-4-7-19(14-16)28-22(27)20-8-5-13-29-20/h4-15H,1-3H3,(H,25,26)/b24-15-. The van der Waals surface area contributed by atoms with Crippen LogP contribution in [0.25, 0.3) is 0 Å². The second kappa shape index (κ2) is 8.84. The van der Waals surface area contributed by atoms with E-state index >= 15 is 0 Å². The average Bonchev–Trinajstić information content (AvgIpc) is 3.23. The minimum absolute atomic E-state index is 0.0329. The smallest absolute Gasteiger partial charge is 0.353 e. The van der Waals surface area contributed by atoms with Gasteiger partial charge in [-0.1, -0.05) is 51.1 Å². The van der Waals surface area contributed by atoms with Crippen LogP contribution in [0.3, 0.4) is 0 Å². The summed E-state index contributed by atoms with van der Waals surface area (Å²) in [7, 11) is 0. The van der Waals surface area contributed by atoms with Crippen LogP contribution in [-0.4, -0.2) is 18.1 Å². The number of hydrazone groups is 1. The normalized spacial score (nSPS) is 11.4. The van der Waals surface area contributed by atoms with Crippen molar-refractivity contribution in [1.82, 2.24) is 5.43 Å². The third kappa shape index (κ3) is 5.62. The number of thiophene rings is 1. The molecule has 0 spiro atoms. The fraction of sp³-hybridized carbons (Fsp3) is 0.174. The van der Waals surface area contributed by atoms with Crippen molar-refractivity contribution in [2.45, 2.75) is 26.2 Å². The molecule has 0 aliphatic rings. The number of esters is 1. The number of hydrogen-bond donors (Lipinski definition) is 1. The van der Waals surface area contributed by atoms with Gasteiger partial charge in [0.1, 0.15) is 10.6 Å². The lowest BCUT2D eigenvalue weighted by Gasteiger charge is -2.18. The third-order valence-electron chi connectivity index (χ3n) is 4.18. The summed E-state index contributed by atoms with van der Waals surface area (Å²) >= 11 is 1.32. The SMILES string of the molecule is CC(C)(C)c1ccc(C(=O)N/N=C\c2cccc(OC(=O)c3cccs3)c2)cc1. The first-order valence-electron chi connectivity index (χ1n) is 9.12. The molecule has 148 valence electrons. The summed E-state index contributed by atoms with van der Waals surface area (Å²) in [6, 6.07) is 17.9. The second-order valence-electron chi connectivity index (χ2n) is 7.47. The van der Waals surface area contributed by atoms with Crippen LogP contribution in [0.4, 0.5) is 0 Å². The number of carbonyl (C=O) groups is 2. The first-order valence-corrected chi connectivity index (χ1v) is 10.0. The van der Waals surface area contributed by atoms with Crippen LogP contribution < -0.4 is 10.2 Å². The highest BCUT2D eigenvalue weighted by atomic mass is 32.1. The average molecular weight is 407 g/mol. The van der Waals surface area contributed by atoms with E-state index in [0.717, 1.165) is 5.56 Å². The minimum atomic E-state index is -0.402. The number of hydrogen-bond acceptors (Lipinski definition) is 5. The zero-order chi connectivity index (χ0) is 20.9. The molecule has 0 aliphatic heterocycles. The molecular weight excluding hydrogens is 384 g/mol. The highest BCUT2D eigenvalue weighted by Gasteiger charge is 2.14. The van der Waals surface area contributed by atoms with Crippen LogP contribution >= 0.6 is 11.3 Å². The van der Waals surface area contributed by atoms with Gasteiger partial charge in [0.25, 0.3) is 5.91 Å². The largest absolute Gasteiger partial charge is 0.422 e. The van der Waals surface area contributed by atoms with E-state index in [-0.39, 0.29) is 11.3 Å². The van der Waals surface area contributed by atoms with E-state index in [9.17, 15) is 9.59 Å². The Hall–Kier alpha value is -3.25. The van der Waals surface area contributed by atoms with Crippen molar-refractivity contribution in [3.05, 3.63) is 87.6 Å². The lowest BCUT2D eigenvalue weighted by molar-refractivity contribution is 0.0739. The fourth-order valence-corrected chi connectivity index (χ4v) is 3.16. The summed E-state index contributed by atoms with van der Waals surface area (Å²) in [6.07, 6.45) is 1.50. The van der Waals surface area contributed by atoms with E-state index in [2.05, 4.69) is 31.3 Å². The molecule has 0 radical (unpaired) electrons. The van der Waals surface area contributed by atoms with Crippen LogP contribution in [0.2, 0.25) is 0 Å². The number of nitrogens with zero attached hydrogens (tertiary/aromatic N) is 1. The highest BCUT2D eigenvalue weighted by molar-refractivity contribution is 7.12. The quantitative estimate of drug-likeness (QED) is 0.280. The molecule has 1 N–H and O–H groups in total. The van der Waals surface area contributed by atoms with Gasteiger partial charge < -0.3 is 4.74 Å². The molecule has 0 aliphatic carbocycles. The monoisotopic (exact) mass is 406 g/mol. The highest BCUT2D eigenvalue weighted by Crippen LogP contribution is 2.22. The summed E-state index contributed by atoms with van der Waals surface area (Å²) in [5, 5.41) is 5.81. The third-order valence-corrected chi connectivity index (χ3v) is 5.03. The van der Waals surface area contributed by atoms with Gasteiger partial charge in [-0.15, -0.1) is 11.3 Å². The molecule has 29 heavy (non-hydrogen) atoms. The van der Waals surface area contributed by atoms with Crippen molar-refractivity contribution < 1.29 is 14.3 Å². The molecule has 3 aromatic rings. The van der Waals surface area contributed by atoms with Crippen molar-refractivity contribution >= 4 is 29.4 Å². The molecule has 6 heteroatoms. The Morgan fingerprint density at radius 2 is 1.79 bits per heavy atom. The lowest BCUT2D eigenvalue weighted by Crippen LogP contribution is -2.18. The predicted molar refractivity (Wildman–Crippen MR) is 116 cm³/mol. The number of nitrogens with one attached hydrogen (secondary N) is 1. The number of carbonyl (C=O) groups excluding carboxylic acids is 2. The maximum atomic E-state index is 12.2. The zero-order valence-electron chi connectivity index (χ0n) is 16.5. The van der Waals surface area contributed by atoms with Gasteiger partial charge in [0, 0.05) is 5.56 Å². The number of ether oxygens (including phenoxy) is 1. The maximum absolute atomic E-state index is 12.2. The molecule has 1 heterocycles. The summed E-state index contributed by atoms with van der Waals surface area (Å²) in [5.74, 6) is -0.278. The minimum Gasteiger partial charge on any atom is -0.422 e. The van der Waals surface area contributed by atoms with Crippen LogP contribution in [0.5, 0.6) is 5.75 Å². The molecule has 2 aromatic carbocycles. The van der Waals surface area contributed by atoms with E-state index in [1.54, 1.807) is 48.5 Å². The maximum Gasteiger partial charge on any atom is 0.353 e. The van der Waals surface area contributed by atoms with Crippen LogP contribution in [0.15, 0.2) is 71.1 Å². The molecule has 0 bridgehead atoms. The molecule has 0 saturated carbocycles. The summed E-state index contributed by atoms with van der Waals surface area (Å²) in [4.78, 5) is 24.8. The molecule has 0 fully saturated rings. The molecule has 5 nitrogen and oxygen atoms in total. The molecular formula is C23H22N2O3S. The van der Waals surface area contributed by atoms with Gasteiger partial charge in [-0.2, -0.15) is 5.10 Å². The molecule has 1 aromatic heterocycles. The van der Waals surface area contributed by atoms with E-state index in [4.69, 9.17) is 4.74 Å². The molecule has 0 unspecified atom stereocenters. The molecule has 0 atom stereocenters. The van der Waals surface area contributed by atoms with E-state index in [1.165, 1.54) is 17.6 Å². The van der Waals surface area contributed by atoms with Crippen LogP contribution in [-0.2, 0) is 5.41 Å². The van der Waals surface area contributed by atoms with Gasteiger partial charge in [-0.25, -0.2) is 10.2 Å². The Kier molecular flexibility index (Phi) is 6.24. The summed E-state index contributed by atoms with van der Waals surface area (Å²) in [5.41, 5.74) is 4.94. The zero-order valence-corrected chi connectivity index (χ0v) is 17.3. The second-order valence-corrected chi connectivity index (χ2v) is 8.41. The van der Waals surface area contributed by atoms with Gasteiger partial charge in [0.15, 0.2) is 0 Å². The van der Waals surface area contributed by atoms with Gasteiger partial charge in [0.2, 0.25) is 0 Å². The molecule has 3 rings (SSSR count). The van der Waals surface area contributed by atoms with Crippen molar-refractivity contribution in [1.29, 1.82) is 0 Å². The van der Waals surface area contributed by atoms with Crippen molar-refractivity contribution in [3.63, 3.8) is 0 Å². The molecule has 0 saturated heterocycles. The van der Waals surface area contributed by atoms with Crippen LogP contribution in [0, 0.1) is 0 Å². The number of benzene rings is 2. The first-order chi connectivity index (χ1) is 13.8. The van der Waals surface area contributed by atoms with Gasteiger partial charge in [-0.3, -0.25) is 4.79 Å². The molecule has 1 amide bonds. The Bertz CT molecular complexity index is 1020. The number of amides is 1. The summed E-state index contributed by atoms with van der Waals surface area (Å²) in [6.45, 7) is 6.37. The Labute approximate surface area is 174 Å². The first kappa shape index (κ1) is 20.5. The van der Waals surface area contributed by atoms with Crippen LogP contribution in [0.1, 0.15) is 51.9 Å². The van der Waals surface area contributed by atoms with E-state index in [0.29, 0.717) is 21.8 Å². The predicted octanol–water partition coefficient (Wildman–Crippen LogP) is 5.03. The van der Waals surface area contributed by atoms with Crippen molar-refractivity contribution in [2.75, 3.05) is 0 Å². The summed E-state index contributed by atoms with van der Waals surface area (Å²) < 4.78 is 5.36. The van der Waals surface area contributed by atoms with E-state index in [1.807, 2.05) is 17.5 Å². The Morgan fingerprint density at radius 1 is 1.03 bits per heavy atom. The van der Waals surface area contributed by atoms with Gasteiger partial charge >= 0.3 is 5.97 Å². The van der Waals surface area contributed by atoms with Crippen molar-refractivity contribution in [2.24, 2.45) is 5.10 Å². The Balaban J connectivity index is 1.60. The lowest BCUT2D eigenvalue weighted by atomic mass is 9.87.